The molecule has 17 heavy (non-hydrogen) atoms. The van der Waals surface area contributed by atoms with Gasteiger partial charge in [-0.25, -0.2) is 0 Å². The fraction of sp³-hybridized carbons (Fsp3) is 1.00. The molecule has 0 radical (unpaired) electrons. The van der Waals surface area contributed by atoms with Crippen LogP contribution in [-0.4, -0.2) is 36.5 Å². The molecule has 1 rings (SSSR count). The summed E-state index contributed by atoms with van der Waals surface area (Å²) in [6.07, 6.45) is 5.93. The van der Waals surface area contributed by atoms with Crippen molar-refractivity contribution >= 4 is 0 Å². The molecule has 0 saturated heterocycles. The summed E-state index contributed by atoms with van der Waals surface area (Å²) < 4.78 is 5.42. The molecule has 1 saturated carbocycles. The summed E-state index contributed by atoms with van der Waals surface area (Å²) in [6, 6.07) is 0.507. The molecule has 0 aromatic heterocycles. The maximum Gasteiger partial charge on any atom is 0.0746 e. The van der Waals surface area contributed by atoms with Crippen LogP contribution < -0.4 is 5.32 Å². The van der Waals surface area contributed by atoms with Crippen molar-refractivity contribution in [3.8, 4) is 0 Å². The van der Waals surface area contributed by atoms with E-state index in [-0.39, 0.29) is 0 Å². The molecule has 1 aliphatic rings. The zero-order valence-electron chi connectivity index (χ0n) is 11.8. The Hall–Kier alpha value is -0.120. The summed E-state index contributed by atoms with van der Waals surface area (Å²) in [5.74, 6) is 0.532. The molecule has 3 unspecified atom stereocenters. The van der Waals surface area contributed by atoms with Gasteiger partial charge in [0, 0.05) is 19.7 Å². The van der Waals surface area contributed by atoms with Crippen LogP contribution in [0.1, 0.15) is 52.9 Å². The van der Waals surface area contributed by atoms with Crippen LogP contribution in [0.3, 0.4) is 0 Å². The van der Waals surface area contributed by atoms with Crippen LogP contribution in [0, 0.1) is 5.92 Å². The third-order valence-electron chi connectivity index (χ3n) is 3.58. The van der Waals surface area contributed by atoms with E-state index >= 15 is 0 Å². The highest BCUT2D eigenvalue weighted by atomic mass is 16.5. The molecule has 1 fully saturated rings. The lowest BCUT2D eigenvalue weighted by Gasteiger charge is -2.32. The van der Waals surface area contributed by atoms with Crippen molar-refractivity contribution in [3.05, 3.63) is 0 Å². The maximum absolute atomic E-state index is 10.2. The zero-order valence-corrected chi connectivity index (χ0v) is 11.8. The average Bonchev–Trinajstić information content (AvgIpc) is 2.25. The molecule has 0 amide bonds. The first kappa shape index (κ1) is 14.9. The summed E-state index contributed by atoms with van der Waals surface area (Å²) in [6.45, 7) is 6.91. The second kappa shape index (κ2) is 6.72. The highest BCUT2D eigenvalue weighted by molar-refractivity contribution is 4.83. The van der Waals surface area contributed by atoms with Crippen LogP contribution in [-0.2, 0) is 4.74 Å². The van der Waals surface area contributed by atoms with E-state index in [1.165, 1.54) is 19.3 Å². The van der Waals surface area contributed by atoms with Gasteiger partial charge in [-0.2, -0.15) is 0 Å². The molecule has 2 N–H and O–H groups in total. The molecule has 0 spiro atoms. The van der Waals surface area contributed by atoms with Crippen LogP contribution in [0.5, 0.6) is 0 Å². The molecule has 0 heterocycles. The van der Waals surface area contributed by atoms with E-state index in [1.807, 2.05) is 6.92 Å². The highest BCUT2D eigenvalue weighted by Crippen LogP contribution is 2.22. The number of ether oxygens (including phenoxy) is 1. The minimum Gasteiger partial charge on any atom is -0.389 e. The topological polar surface area (TPSA) is 41.5 Å². The Labute approximate surface area is 106 Å². The summed E-state index contributed by atoms with van der Waals surface area (Å²) >= 11 is 0. The van der Waals surface area contributed by atoms with Crippen molar-refractivity contribution in [3.63, 3.8) is 0 Å². The van der Waals surface area contributed by atoms with E-state index in [1.54, 1.807) is 7.11 Å². The Balaban J connectivity index is 2.29. The number of hydrogen-bond donors (Lipinski definition) is 2. The second-order valence-electron chi connectivity index (χ2n) is 6.20. The number of hydrogen-bond acceptors (Lipinski definition) is 3. The quantitative estimate of drug-likeness (QED) is 0.752. The fourth-order valence-corrected chi connectivity index (χ4v) is 2.86. The van der Waals surface area contributed by atoms with Crippen molar-refractivity contribution in [1.29, 1.82) is 0 Å². The van der Waals surface area contributed by atoms with E-state index in [0.717, 1.165) is 12.8 Å². The predicted octanol–water partition coefficient (Wildman–Crippen LogP) is 2.33. The first-order chi connectivity index (χ1) is 7.93. The molecule has 1 aliphatic carbocycles. The molecular weight excluding hydrogens is 214 g/mol. The monoisotopic (exact) mass is 243 g/mol. The third-order valence-corrected chi connectivity index (χ3v) is 3.58. The molecule has 3 atom stereocenters. The Morgan fingerprint density at radius 1 is 1.41 bits per heavy atom. The Morgan fingerprint density at radius 2 is 2.12 bits per heavy atom. The van der Waals surface area contributed by atoms with E-state index in [9.17, 15) is 5.11 Å². The second-order valence-corrected chi connectivity index (χ2v) is 6.20. The largest absolute Gasteiger partial charge is 0.389 e. The summed E-state index contributed by atoms with van der Waals surface area (Å²) in [5, 5.41) is 13.7. The Morgan fingerprint density at radius 3 is 2.71 bits per heavy atom. The average molecular weight is 243 g/mol. The van der Waals surface area contributed by atoms with Gasteiger partial charge in [0.05, 0.1) is 11.7 Å². The maximum atomic E-state index is 10.2. The van der Waals surface area contributed by atoms with E-state index in [2.05, 4.69) is 19.2 Å². The summed E-state index contributed by atoms with van der Waals surface area (Å²) in [4.78, 5) is 0. The molecular formula is C14H29NO2. The van der Waals surface area contributed by atoms with Gasteiger partial charge in [-0.3, -0.25) is 0 Å². The highest BCUT2D eigenvalue weighted by Gasteiger charge is 2.26. The Kier molecular flexibility index (Phi) is 5.90. The molecule has 102 valence electrons. The first-order valence-electron chi connectivity index (χ1n) is 6.91. The van der Waals surface area contributed by atoms with Crippen LogP contribution in [0.15, 0.2) is 0 Å². The number of aliphatic hydroxyl groups is 1. The first-order valence-corrected chi connectivity index (χ1v) is 6.91. The van der Waals surface area contributed by atoms with Gasteiger partial charge in [-0.05, 0) is 44.9 Å². The van der Waals surface area contributed by atoms with Crippen molar-refractivity contribution < 1.29 is 9.84 Å². The normalized spacial score (nSPS) is 29.3. The van der Waals surface area contributed by atoms with E-state index in [0.29, 0.717) is 24.6 Å². The van der Waals surface area contributed by atoms with Crippen molar-refractivity contribution in [2.45, 2.75) is 70.6 Å². The Bertz CT molecular complexity index is 216. The minimum atomic E-state index is -0.589. The summed E-state index contributed by atoms with van der Waals surface area (Å²) in [5.41, 5.74) is -0.589. The predicted molar refractivity (Wildman–Crippen MR) is 71.1 cm³/mol. The van der Waals surface area contributed by atoms with Crippen LogP contribution in [0.4, 0.5) is 0 Å². The fourth-order valence-electron chi connectivity index (χ4n) is 2.86. The van der Waals surface area contributed by atoms with Crippen LogP contribution >= 0.6 is 0 Å². The van der Waals surface area contributed by atoms with Gasteiger partial charge in [0.1, 0.15) is 0 Å². The van der Waals surface area contributed by atoms with E-state index < -0.39 is 5.60 Å². The molecule has 0 aliphatic heterocycles. The lowest BCUT2D eigenvalue weighted by molar-refractivity contribution is 0.0242. The standard InChI is InChI=1S/C14H29NO2/c1-11(2)9-14(3,16)10-15-12-6-5-7-13(8-12)17-4/h11-13,15-16H,5-10H2,1-4H3. The van der Waals surface area contributed by atoms with Gasteiger partial charge >= 0.3 is 0 Å². The smallest absolute Gasteiger partial charge is 0.0746 e. The van der Waals surface area contributed by atoms with E-state index in [4.69, 9.17) is 4.74 Å². The summed E-state index contributed by atoms with van der Waals surface area (Å²) in [7, 11) is 1.79. The third kappa shape index (κ3) is 5.84. The lowest BCUT2D eigenvalue weighted by Crippen LogP contribution is -2.45. The zero-order chi connectivity index (χ0) is 12.9. The number of methoxy groups -OCH3 is 1. The number of nitrogens with one attached hydrogen (secondary N) is 1. The number of rotatable bonds is 6. The van der Waals surface area contributed by atoms with Crippen LogP contribution in [0.25, 0.3) is 0 Å². The van der Waals surface area contributed by atoms with Gasteiger partial charge in [-0.1, -0.05) is 13.8 Å². The van der Waals surface area contributed by atoms with Crippen molar-refractivity contribution in [1.82, 2.24) is 5.32 Å². The van der Waals surface area contributed by atoms with Crippen molar-refractivity contribution in [2.24, 2.45) is 5.92 Å². The van der Waals surface area contributed by atoms with Crippen LogP contribution in [0.2, 0.25) is 0 Å². The molecule has 0 bridgehead atoms. The van der Waals surface area contributed by atoms with Gasteiger partial charge in [0.15, 0.2) is 0 Å². The molecule has 0 aromatic rings. The van der Waals surface area contributed by atoms with Gasteiger partial charge in [0.2, 0.25) is 0 Å². The van der Waals surface area contributed by atoms with Gasteiger partial charge in [0.25, 0.3) is 0 Å². The van der Waals surface area contributed by atoms with Gasteiger partial charge < -0.3 is 15.2 Å². The minimum absolute atomic E-state index is 0.399. The molecule has 0 aromatic carbocycles. The SMILES string of the molecule is COC1CCCC(NCC(C)(O)CC(C)C)C1. The van der Waals surface area contributed by atoms with Crippen molar-refractivity contribution in [2.75, 3.05) is 13.7 Å². The lowest BCUT2D eigenvalue weighted by atomic mass is 9.90. The van der Waals surface area contributed by atoms with Gasteiger partial charge in [-0.15, -0.1) is 0 Å². The molecule has 3 heteroatoms. The molecule has 3 nitrogen and oxygen atoms in total.